The summed E-state index contributed by atoms with van der Waals surface area (Å²) in [6.07, 6.45) is 0. The lowest BCUT2D eigenvalue weighted by molar-refractivity contribution is -0.139. The van der Waals surface area contributed by atoms with Crippen LogP contribution in [0.15, 0.2) is 29.5 Å². The molecule has 0 aromatic heterocycles. The summed E-state index contributed by atoms with van der Waals surface area (Å²) in [5.74, 6) is 0.569. The normalized spacial score (nSPS) is 20.6. The van der Waals surface area contributed by atoms with Gasteiger partial charge in [0.15, 0.2) is 0 Å². The molecule has 0 radical (unpaired) electrons. The number of ether oxygens (including phenoxy) is 3. The number of piperazine rings is 1. The molecule has 2 atom stereocenters. The summed E-state index contributed by atoms with van der Waals surface area (Å²) in [4.78, 5) is 44.4. The molecule has 11 heteroatoms. The number of esters is 1. The molecule has 204 valence electrons. The molecule has 1 aromatic rings. The Kier molecular flexibility index (Phi) is 9.25. The first-order valence-corrected chi connectivity index (χ1v) is 12.6. The summed E-state index contributed by atoms with van der Waals surface area (Å²) >= 11 is 0. The topological polar surface area (TPSA) is 113 Å². The zero-order valence-corrected chi connectivity index (χ0v) is 22.8. The fourth-order valence-electron chi connectivity index (χ4n) is 4.71. The standard InChI is InChI=1S/C26H39N5O6/c1-8-37-24(32)22-20(15-30-11-12-31(17(4)14-30)26(34)27-16(2)3)29(5)25(33)28-23(22)19-10-9-18(35-6)13-21(19)36-7/h9-10,13,16-17,23H,8,11-12,14-15H2,1-7H3,(H,27,34)(H,28,33). The van der Waals surface area contributed by atoms with Crippen LogP contribution in [0.1, 0.15) is 39.3 Å². The molecule has 2 aliphatic heterocycles. The van der Waals surface area contributed by atoms with E-state index in [1.165, 1.54) is 12.0 Å². The summed E-state index contributed by atoms with van der Waals surface area (Å²) in [6, 6.07) is 4.06. The van der Waals surface area contributed by atoms with Crippen LogP contribution in [-0.4, -0.2) is 98.9 Å². The van der Waals surface area contributed by atoms with E-state index in [0.717, 1.165) is 0 Å². The van der Waals surface area contributed by atoms with Crippen LogP contribution < -0.4 is 20.1 Å². The number of methoxy groups -OCH3 is 2. The number of benzene rings is 1. The molecule has 1 aromatic carbocycles. The predicted octanol–water partition coefficient (Wildman–Crippen LogP) is 2.34. The third-order valence-electron chi connectivity index (χ3n) is 6.58. The summed E-state index contributed by atoms with van der Waals surface area (Å²) < 4.78 is 16.3. The monoisotopic (exact) mass is 517 g/mol. The van der Waals surface area contributed by atoms with Crippen molar-refractivity contribution in [2.45, 2.75) is 45.8 Å². The molecule has 2 heterocycles. The molecule has 0 aliphatic carbocycles. The van der Waals surface area contributed by atoms with Crippen molar-refractivity contribution in [3.63, 3.8) is 0 Å². The molecule has 1 fully saturated rings. The molecule has 11 nitrogen and oxygen atoms in total. The largest absolute Gasteiger partial charge is 0.497 e. The van der Waals surface area contributed by atoms with Crippen molar-refractivity contribution in [1.82, 2.24) is 25.3 Å². The van der Waals surface area contributed by atoms with Gasteiger partial charge in [-0.05, 0) is 39.8 Å². The third kappa shape index (κ3) is 6.27. The van der Waals surface area contributed by atoms with Gasteiger partial charge in [0.05, 0.1) is 32.4 Å². The fourth-order valence-corrected chi connectivity index (χ4v) is 4.71. The van der Waals surface area contributed by atoms with E-state index < -0.39 is 12.0 Å². The minimum atomic E-state index is -0.769. The molecule has 2 unspecified atom stereocenters. The van der Waals surface area contributed by atoms with Gasteiger partial charge in [0.25, 0.3) is 0 Å². The van der Waals surface area contributed by atoms with Gasteiger partial charge in [-0.25, -0.2) is 14.4 Å². The van der Waals surface area contributed by atoms with E-state index in [0.29, 0.717) is 54.5 Å². The number of hydrogen-bond donors (Lipinski definition) is 2. The number of nitrogens with one attached hydrogen (secondary N) is 2. The number of urea groups is 2. The summed E-state index contributed by atoms with van der Waals surface area (Å²) in [7, 11) is 4.72. The van der Waals surface area contributed by atoms with Gasteiger partial charge in [-0.2, -0.15) is 0 Å². The number of hydrogen-bond acceptors (Lipinski definition) is 7. The highest BCUT2D eigenvalue weighted by atomic mass is 16.5. The minimum absolute atomic E-state index is 0.0423. The second-order valence-electron chi connectivity index (χ2n) is 9.51. The highest BCUT2D eigenvalue weighted by molar-refractivity contribution is 5.95. The van der Waals surface area contributed by atoms with Gasteiger partial charge in [-0.3, -0.25) is 9.80 Å². The van der Waals surface area contributed by atoms with Gasteiger partial charge in [0, 0.05) is 62.6 Å². The number of nitrogens with zero attached hydrogens (tertiary/aromatic N) is 3. The molecule has 0 spiro atoms. The Morgan fingerprint density at radius 3 is 2.51 bits per heavy atom. The van der Waals surface area contributed by atoms with Crippen molar-refractivity contribution in [3.8, 4) is 11.5 Å². The van der Waals surface area contributed by atoms with Gasteiger partial charge in [0.1, 0.15) is 11.5 Å². The van der Waals surface area contributed by atoms with Crippen LogP contribution in [0.2, 0.25) is 0 Å². The lowest BCUT2D eigenvalue weighted by Gasteiger charge is -2.42. The smallest absolute Gasteiger partial charge is 0.338 e. The maximum absolute atomic E-state index is 13.3. The van der Waals surface area contributed by atoms with Gasteiger partial charge in [0.2, 0.25) is 0 Å². The number of likely N-dealkylation sites (N-methyl/N-ethyl adjacent to an activating group) is 1. The average molecular weight is 518 g/mol. The zero-order valence-electron chi connectivity index (χ0n) is 22.8. The highest BCUT2D eigenvalue weighted by Gasteiger charge is 2.39. The van der Waals surface area contributed by atoms with E-state index in [-0.39, 0.29) is 30.8 Å². The second-order valence-corrected chi connectivity index (χ2v) is 9.51. The summed E-state index contributed by atoms with van der Waals surface area (Å²) in [6.45, 7) is 9.87. The predicted molar refractivity (Wildman–Crippen MR) is 139 cm³/mol. The Hall–Kier alpha value is -3.47. The summed E-state index contributed by atoms with van der Waals surface area (Å²) in [5.41, 5.74) is 1.52. The Balaban J connectivity index is 1.97. The lowest BCUT2D eigenvalue weighted by Crippen LogP contribution is -2.58. The van der Waals surface area contributed by atoms with Crippen molar-refractivity contribution >= 4 is 18.0 Å². The molecular formula is C26H39N5O6. The molecule has 37 heavy (non-hydrogen) atoms. The van der Waals surface area contributed by atoms with Gasteiger partial charge >= 0.3 is 18.0 Å². The molecule has 1 saturated heterocycles. The fraction of sp³-hybridized carbons (Fsp3) is 0.577. The van der Waals surface area contributed by atoms with E-state index in [4.69, 9.17) is 14.2 Å². The van der Waals surface area contributed by atoms with Crippen LogP contribution in [0, 0.1) is 0 Å². The SMILES string of the molecule is CCOC(=O)C1=C(CN2CCN(C(=O)NC(C)C)C(C)C2)N(C)C(=O)NC1c1ccc(OC)cc1OC. The molecule has 2 N–H and O–H groups in total. The maximum Gasteiger partial charge on any atom is 0.338 e. The van der Waals surface area contributed by atoms with E-state index in [1.807, 2.05) is 25.7 Å². The molecule has 0 bridgehead atoms. The van der Waals surface area contributed by atoms with E-state index in [9.17, 15) is 14.4 Å². The van der Waals surface area contributed by atoms with Gasteiger partial charge in [-0.15, -0.1) is 0 Å². The first kappa shape index (κ1) is 28.1. The van der Waals surface area contributed by atoms with Crippen molar-refractivity contribution < 1.29 is 28.6 Å². The lowest BCUT2D eigenvalue weighted by atomic mass is 9.93. The number of carbonyl (C=O) groups is 3. The van der Waals surface area contributed by atoms with Crippen LogP contribution >= 0.6 is 0 Å². The van der Waals surface area contributed by atoms with Gasteiger partial charge < -0.3 is 29.7 Å². The Morgan fingerprint density at radius 2 is 1.92 bits per heavy atom. The van der Waals surface area contributed by atoms with Crippen molar-refractivity contribution in [3.05, 3.63) is 35.0 Å². The highest BCUT2D eigenvalue weighted by Crippen LogP contribution is 2.37. The Bertz CT molecular complexity index is 1040. The first-order valence-electron chi connectivity index (χ1n) is 12.6. The van der Waals surface area contributed by atoms with Crippen molar-refractivity contribution in [1.29, 1.82) is 0 Å². The first-order chi connectivity index (χ1) is 17.6. The Morgan fingerprint density at radius 1 is 1.19 bits per heavy atom. The molecule has 0 saturated carbocycles. The molecule has 2 aliphatic rings. The van der Waals surface area contributed by atoms with E-state index >= 15 is 0 Å². The van der Waals surface area contributed by atoms with Crippen LogP contribution in [0.5, 0.6) is 11.5 Å². The molecule has 3 rings (SSSR count). The van der Waals surface area contributed by atoms with Crippen LogP contribution in [0.25, 0.3) is 0 Å². The summed E-state index contributed by atoms with van der Waals surface area (Å²) in [5, 5.41) is 5.87. The molecule has 4 amide bonds. The second kappa shape index (κ2) is 12.2. The zero-order chi connectivity index (χ0) is 27.3. The number of amides is 4. The van der Waals surface area contributed by atoms with Crippen LogP contribution in [-0.2, 0) is 9.53 Å². The number of carbonyl (C=O) groups excluding carboxylic acids is 3. The molecular weight excluding hydrogens is 478 g/mol. The quantitative estimate of drug-likeness (QED) is 0.509. The van der Waals surface area contributed by atoms with Gasteiger partial charge in [-0.1, -0.05) is 0 Å². The van der Waals surface area contributed by atoms with Crippen molar-refractivity contribution in [2.24, 2.45) is 0 Å². The third-order valence-corrected chi connectivity index (χ3v) is 6.58. The average Bonchev–Trinajstić information content (AvgIpc) is 2.85. The maximum atomic E-state index is 13.3. The van der Waals surface area contributed by atoms with Crippen LogP contribution in [0.3, 0.4) is 0 Å². The van der Waals surface area contributed by atoms with E-state index in [2.05, 4.69) is 15.5 Å². The minimum Gasteiger partial charge on any atom is -0.497 e. The number of rotatable bonds is 8. The van der Waals surface area contributed by atoms with Crippen LogP contribution in [0.4, 0.5) is 9.59 Å². The van der Waals surface area contributed by atoms with Crippen molar-refractivity contribution in [2.75, 3.05) is 54.1 Å². The van der Waals surface area contributed by atoms with E-state index in [1.54, 1.807) is 39.3 Å². The Labute approximate surface area is 218 Å².